The zero-order valence-corrected chi connectivity index (χ0v) is 8.41. The molecule has 1 aliphatic rings. The molecule has 0 aromatic heterocycles. The van der Waals surface area contributed by atoms with Gasteiger partial charge in [-0.05, 0) is 31.8 Å². The molecule has 1 heterocycles. The normalized spacial score (nSPS) is 18.9. The average molecular weight is 186 g/mol. The summed E-state index contributed by atoms with van der Waals surface area (Å²) in [6.07, 6.45) is 4.66. The molecule has 1 saturated heterocycles. The van der Waals surface area contributed by atoms with Crippen molar-refractivity contribution in [3.05, 3.63) is 0 Å². The quantitative estimate of drug-likeness (QED) is 0.567. The number of hydrogen-bond donors (Lipinski definition) is 2. The largest absolute Gasteiger partial charge is 0.396 e. The molecule has 0 aromatic carbocycles. The van der Waals surface area contributed by atoms with E-state index in [9.17, 15) is 0 Å². The monoisotopic (exact) mass is 186 g/mol. The van der Waals surface area contributed by atoms with Crippen molar-refractivity contribution in [2.75, 3.05) is 32.8 Å². The average Bonchev–Trinajstić information content (AvgIpc) is 2.08. The number of nitrogens with zero attached hydrogens (tertiary/aromatic N) is 1. The van der Waals surface area contributed by atoms with E-state index >= 15 is 0 Å². The molecule has 0 aromatic rings. The Morgan fingerprint density at radius 3 is 2.46 bits per heavy atom. The Hall–Kier alpha value is -0.120. The molecular formula is C10H22N2O. The van der Waals surface area contributed by atoms with Gasteiger partial charge in [0.25, 0.3) is 0 Å². The summed E-state index contributed by atoms with van der Waals surface area (Å²) >= 11 is 0. The fourth-order valence-electron chi connectivity index (χ4n) is 1.81. The van der Waals surface area contributed by atoms with E-state index in [1.807, 2.05) is 0 Å². The van der Waals surface area contributed by atoms with Gasteiger partial charge < -0.3 is 15.7 Å². The maximum absolute atomic E-state index is 8.57. The van der Waals surface area contributed by atoms with Crippen molar-refractivity contribution in [3.8, 4) is 0 Å². The number of aliphatic hydroxyl groups excluding tert-OH is 1. The number of aliphatic hydroxyl groups is 1. The summed E-state index contributed by atoms with van der Waals surface area (Å²) in [7, 11) is 0. The van der Waals surface area contributed by atoms with Crippen LogP contribution in [0.3, 0.4) is 0 Å². The molecule has 0 atom stereocenters. The molecule has 1 rings (SSSR count). The van der Waals surface area contributed by atoms with E-state index in [2.05, 4.69) is 4.90 Å². The van der Waals surface area contributed by atoms with E-state index < -0.39 is 0 Å². The van der Waals surface area contributed by atoms with E-state index in [0.29, 0.717) is 6.61 Å². The van der Waals surface area contributed by atoms with Crippen LogP contribution in [0, 0.1) is 5.92 Å². The SMILES string of the molecule is NCC1CN(CCCCCCO)C1. The lowest BCUT2D eigenvalue weighted by Gasteiger charge is -2.38. The van der Waals surface area contributed by atoms with E-state index in [-0.39, 0.29) is 0 Å². The second kappa shape index (κ2) is 6.35. The molecule has 0 saturated carbocycles. The Morgan fingerprint density at radius 1 is 1.15 bits per heavy atom. The third-order valence-electron chi connectivity index (χ3n) is 2.75. The summed E-state index contributed by atoms with van der Waals surface area (Å²) < 4.78 is 0. The van der Waals surface area contributed by atoms with Gasteiger partial charge in [0.2, 0.25) is 0 Å². The Labute approximate surface area is 80.9 Å². The van der Waals surface area contributed by atoms with Gasteiger partial charge in [-0.2, -0.15) is 0 Å². The molecule has 1 aliphatic heterocycles. The molecule has 3 N–H and O–H groups in total. The first kappa shape index (κ1) is 11.0. The molecule has 0 unspecified atom stereocenters. The molecule has 78 valence electrons. The third kappa shape index (κ3) is 4.07. The molecule has 13 heavy (non-hydrogen) atoms. The predicted octanol–water partition coefficient (Wildman–Crippen LogP) is 0.430. The van der Waals surface area contributed by atoms with Crippen LogP contribution in [-0.4, -0.2) is 42.8 Å². The highest BCUT2D eigenvalue weighted by Gasteiger charge is 2.23. The number of unbranched alkanes of at least 4 members (excludes halogenated alkanes) is 3. The zero-order chi connectivity index (χ0) is 9.52. The number of nitrogens with two attached hydrogens (primary N) is 1. The summed E-state index contributed by atoms with van der Waals surface area (Å²) in [4.78, 5) is 2.47. The second-order valence-corrected chi connectivity index (χ2v) is 4.00. The lowest BCUT2D eigenvalue weighted by Crippen LogP contribution is -2.49. The maximum Gasteiger partial charge on any atom is 0.0431 e. The molecule has 1 fully saturated rings. The van der Waals surface area contributed by atoms with Gasteiger partial charge >= 0.3 is 0 Å². The van der Waals surface area contributed by atoms with Gasteiger partial charge in [-0.3, -0.25) is 0 Å². The molecule has 3 nitrogen and oxygen atoms in total. The fourth-order valence-corrected chi connectivity index (χ4v) is 1.81. The van der Waals surface area contributed by atoms with Crippen LogP contribution in [0.2, 0.25) is 0 Å². The molecule has 3 heteroatoms. The Kier molecular flexibility index (Phi) is 5.35. The summed E-state index contributed by atoms with van der Waals surface area (Å²) in [5.74, 6) is 0.762. The standard InChI is InChI=1S/C10H22N2O/c11-7-10-8-12(9-10)5-3-1-2-4-6-13/h10,13H,1-9,11H2. The highest BCUT2D eigenvalue weighted by molar-refractivity contribution is 4.79. The molecule has 0 spiro atoms. The Balaban J connectivity index is 1.80. The van der Waals surface area contributed by atoms with E-state index in [0.717, 1.165) is 18.9 Å². The Bertz CT molecular complexity index is 124. The van der Waals surface area contributed by atoms with Crippen molar-refractivity contribution < 1.29 is 5.11 Å². The fraction of sp³-hybridized carbons (Fsp3) is 1.00. The van der Waals surface area contributed by atoms with Gasteiger partial charge in [-0.25, -0.2) is 0 Å². The summed E-state index contributed by atoms with van der Waals surface area (Å²) in [5, 5.41) is 8.57. The molecule has 0 aliphatic carbocycles. The van der Waals surface area contributed by atoms with Crippen LogP contribution in [0.5, 0.6) is 0 Å². The van der Waals surface area contributed by atoms with Crippen LogP contribution in [0.1, 0.15) is 25.7 Å². The van der Waals surface area contributed by atoms with Gasteiger partial charge in [0.1, 0.15) is 0 Å². The van der Waals surface area contributed by atoms with Crippen molar-refractivity contribution in [1.82, 2.24) is 4.90 Å². The van der Waals surface area contributed by atoms with E-state index in [1.54, 1.807) is 0 Å². The van der Waals surface area contributed by atoms with Crippen LogP contribution >= 0.6 is 0 Å². The first-order chi connectivity index (χ1) is 6.36. The minimum atomic E-state index is 0.346. The highest BCUT2D eigenvalue weighted by atomic mass is 16.2. The summed E-state index contributed by atoms with van der Waals surface area (Å²) in [6, 6.07) is 0. The van der Waals surface area contributed by atoms with E-state index in [4.69, 9.17) is 10.8 Å². The summed E-state index contributed by atoms with van der Waals surface area (Å²) in [6.45, 7) is 4.83. The first-order valence-electron chi connectivity index (χ1n) is 5.40. The first-order valence-corrected chi connectivity index (χ1v) is 5.40. The van der Waals surface area contributed by atoms with Crippen molar-refractivity contribution in [3.63, 3.8) is 0 Å². The van der Waals surface area contributed by atoms with Crippen LogP contribution in [0.4, 0.5) is 0 Å². The van der Waals surface area contributed by atoms with Crippen molar-refractivity contribution >= 4 is 0 Å². The number of hydrogen-bond acceptors (Lipinski definition) is 3. The van der Waals surface area contributed by atoms with E-state index in [1.165, 1.54) is 38.9 Å². The lowest BCUT2D eigenvalue weighted by molar-refractivity contribution is 0.104. The summed E-state index contributed by atoms with van der Waals surface area (Å²) in [5.41, 5.74) is 5.54. The number of likely N-dealkylation sites (tertiary alicyclic amines) is 1. The van der Waals surface area contributed by atoms with Crippen molar-refractivity contribution in [2.24, 2.45) is 11.7 Å². The van der Waals surface area contributed by atoms with Crippen LogP contribution in [-0.2, 0) is 0 Å². The smallest absolute Gasteiger partial charge is 0.0431 e. The van der Waals surface area contributed by atoms with Gasteiger partial charge in [0.05, 0.1) is 0 Å². The third-order valence-corrected chi connectivity index (χ3v) is 2.75. The minimum absolute atomic E-state index is 0.346. The van der Waals surface area contributed by atoms with Gasteiger partial charge in [0.15, 0.2) is 0 Å². The van der Waals surface area contributed by atoms with Crippen molar-refractivity contribution in [2.45, 2.75) is 25.7 Å². The van der Waals surface area contributed by atoms with Crippen LogP contribution in [0.25, 0.3) is 0 Å². The number of rotatable bonds is 7. The van der Waals surface area contributed by atoms with Crippen LogP contribution in [0.15, 0.2) is 0 Å². The molecule has 0 amide bonds. The van der Waals surface area contributed by atoms with Gasteiger partial charge in [-0.15, -0.1) is 0 Å². The zero-order valence-electron chi connectivity index (χ0n) is 8.41. The Morgan fingerprint density at radius 2 is 1.85 bits per heavy atom. The van der Waals surface area contributed by atoms with Gasteiger partial charge in [0, 0.05) is 19.7 Å². The van der Waals surface area contributed by atoms with Crippen molar-refractivity contribution in [1.29, 1.82) is 0 Å². The van der Waals surface area contributed by atoms with Gasteiger partial charge in [-0.1, -0.05) is 12.8 Å². The minimum Gasteiger partial charge on any atom is -0.396 e. The molecule has 0 radical (unpaired) electrons. The van der Waals surface area contributed by atoms with Crippen LogP contribution < -0.4 is 5.73 Å². The molecular weight excluding hydrogens is 164 g/mol. The second-order valence-electron chi connectivity index (χ2n) is 4.00. The molecule has 0 bridgehead atoms. The predicted molar refractivity (Wildman–Crippen MR) is 54.5 cm³/mol. The maximum atomic E-state index is 8.57. The topological polar surface area (TPSA) is 49.5 Å². The highest BCUT2D eigenvalue weighted by Crippen LogP contribution is 2.14. The lowest BCUT2D eigenvalue weighted by atomic mass is 10.00.